The molecule has 0 aromatic heterocycles. The van der Waals surface area contributed by atoms with Crippen LogP contribution < -0.4 is 10.1 Å². The quantitative estimate of drug-likeness (QED) is 0.838. The highest BCUT2D eigenvalue weighted by Gasteiger charge is 2.28. The van der Waals surface area contributed by atoms with Gasteiger partial charge in [0.15, 0.2) is 0 Å². The van der Waals surface area contributed by atoms with Gasteiger partial charge in [-0.15, -0.1) is 24.8 Å². The van der Waals surface area contributed by atoms with E-state index in [4.69, 9.17) is 4.74 Å². The number of rotatable bonds is 5. The Morgan fingerprint density at radius 1 is 1.08 bits per heavy atom. The van der Waals surface area contributed by atoms with Gasteiger partial charge in [0.1, 0.15) is 12.4 Å². The van der Waals surface area contributed by atoms with Gasteiger partial charge in [0.25, 0.3) is 0 Å². The van der Waals surface area contributed by atoms with E-state index in [9.17, 15) is 4.79 Å². The number of ether oxygens (including phenoxy) is 1. The molecule has 2 heterocycles. The zero-order chi connectivity index (χ0) is 15.9. The molecule has 7 heteroatoms. The Bertz CT molecular complexity index is 490. The Balaban J connectivity index is 0.00000156. The molecule has 2 saturated heterocycles. The van der Waals surface area contributed by atoms with E-state index in [2.05, 4.69) is 10.2 Å². The number of halogens is 2. The third-order valence-electron chi connectivity index (χ3n) is 4.71. The van der Waals surface area contributed by atoms with Gasteiger partial charge in [-0.3, -0.25) is 9.69 Å². The maximum atomic E-state index is 12.5. The van der Waals surface area contributed by atoms with E-state index in [1.165, 1.54) is 12.8 Å². The summed E-state index contributed by atoms with van der Waals surface area (Å²) >= 11 is 0. The summed E-state index contributed by atoms with van der Waals surface area (Å²) in [4.78, 5) is 16.9. The van der Waals surface area contributed by atoms with E-state index in [1.54, 1.807) is 0 Å². The van der Waals surface area contributed by atoms with E-state index in [-0.39, 0.29) is 30.9 Å². The Hall–Kier alpha value is -1.01. The largest absolute Gasteiger partial charge is 0.492 e. The molecule has 0 aliphatic carbocycles. The number of benzene rings is 1. The second-order valence-corrected chi connectivity index (χ2v) is 6.33. The molecule has 0 spiro atoms. The lowest BCUT2D eigenvalue weighted by Crippen LogP contribution is -2.55. The van der Waals surface area contributed by atoms with Crippen molar-refractivity contribution in [3.63, 3.8) is 0 Å². The minimum atomic E-state index is 0. The van der Waals surface area contributed by atoms with E-state index in [1.807, 2.05) is 35.2 Å². The maximum Gasteiger partial charge on any atom is 0.239 e. The number of piperidine rings is 1. The monoisotopic (exact) mass is 389 g/mol. The summed E-state index contributed by atoms with van der Waals surface area (Å²) in [5.74, 6) is 1.22. The van der Waals surface area contributed by atoms with Gasteiger partial charge in [0, 0.05) is 32.7 Å². The molecule has 1 aromatic carbocycles. The SMILES string of the molecule is Cl.Cl.O=C(C1CCCCN1)N1CCN(CCOc2ccccc2)CC1. The average Bonchev–Trinajstić information content (AvgIpc) is 2.63. The van der Waals surface area contributed by atoms with Crippen LogP contribution in [0, 0.1) is 0 Å². The lowest BCUT2D eigenvalue weighted by atomic mass is 10.0. The number of carbonyl (C=O) groups excluding carboxylic acids is 1. The van der Waals surface area contributed by atoms with Crippen LogP contribution in [-0.2, 0) is 4.79 Å². The molecule has 0 bridgehead atoms. The van der Waals surface area contributed by atoms with Crippen LogP contribution in [0.15, 0.2) is 30.3 Å². The Morgan fingerprint density at radius 2 is 1.80 bits per heavy atom. The van der Waals surface area contributed by atoms with E-state index in [0.717, 1.165) is 51.4 Å². The van der Waals surface area contributed by atoms with Crippen molar-refractivity contribution in [1.82, 2.24) is 15.1 Å². The first kappa shape index (κ1) is 22.0. The van der Waals surface area contributed by atoms with Crippen LogP contribution in [0.3, 0.4) is 0 Å². The normalized spacial score (nSPS) is 21.0. The van der Waals surface area contributed by atoms with Gasteiger partial charge in [-0.05, 0) is 31.5 Å². The van der Waals surface area contributed by atoms with Gasteiger partial charge >= 0.3 is 0 Å². The number of para-hydroxylation sites is 1. The number of hydrogen-bond donors (Lipinski definition) is 1. The third kappa shape index (κ3) is 6.66. The predicted octanol–water partition coefficient (Wildman–Crippen LogP) is 2.20. The smallest absolute Gasteiger partial charge is 0.239 e. The van der Waals surface area contributed by atoms with E-state index < -0.39 is 0 Å². The highest BCUT2D eigenvalue weighted by molar-refractivity contribution is 5.85. The molecule has 5 nitrogen and oxygen atoms in total. The van der Waals surface area contributed by atoms with Crippen molar-refractivity contribution in [2.75, 3.05) is 45.9 Å². The summed E-state index contributed by atoms with van der Waals surface area (Å²) in [5, 5.41) is 3.36. The Labute approximate surface area is 162 Å². The Morgan fingerprint density at radius 3 is 2.44 bits per heavy atom. The number of hydrogen-bond acceptors (Lipinski definition) is 4. The van der Waals surface area contributed by atoms with Crippen LogP contribution in [0.2, 0.25) is 0 Å². The topological polar surface area (TPSA) is 44.8 Å². The molecule has 1 amide bonds. The first-order chi connectivity index (χ1) is 11.3. The van der Waals surface area contributed by atoms with Gasteiger partial charge in [0.2, 0.25) is 5.91 Å². The average molecular weight is 390 g/mol. The fourth-order valence-corrected chi connectivity index (χ4v) is 3.28. The molecule has 25 heavy (non-hydrogen) atoms. The number of nitrogens with zero attached hydrogens (tertiary/aromatic N) is 2. The molecule has 142 valence electrons. The summed E-state index contributed by atoms with van der Waals surface area (Å²) in [6.45, 7) is 6.14. The van der Waals surface area contributed by atoms with Gasteiger partial charge in [-0.1, -0.05) is 24.6 Å². The lowest BCUT2D eigenvalue weighted by Gasteiger charge is -2.37. The van der Waals surface area contributed by atoms with Gasteiger partial charge in [0.05, 0.1) is 6.04 Å². The molecular weight excluding hydrogens is 361 g/mol. The van der Waals surface area contributed by atoms with Crippen LogP contribution in [0.1, 0.15) is 19.3 Å². The minimum Gasteiger partial charge on any atom is -0.492 e. The molecular formula is C18H29Cl2N3O2. The summed E-state index contributed by atoms with van der Waals surface area (Å²) in [6, 6.07) is 9.97. The molecule has 2 aliphatic rings. The van der Waals surface area contributed by atoms with E-state index >= 15 is 0 Å². The molecule has 3 rings (SSSR count). The van der Waals surface area contributed by atoms with Gasteiger partial charge < -0.3 is 15.0 Å². The number of amides is 1. The lowest BCUT2D eigenvalue weighted by molar-refractivity contribution is -0.135. The van der Waals surface area contributed by atoms with Crippen LogP contribution in [0.5, 0.6) is 5.75 Å². The van der Waals surface area contributed by atoms with Gasteiger partial charge in [-0.2, -0.15) is 0 Å². The Kier molecular flexibility index (Phi) is 10.2. The first-order valence-electron chi connectivity index (χ1n) is 8.75. The molecule has 0 radical (unpaired) electrons. The molecule has 0 saturated carbocycles. The molecule has 2 aliphatic heterocycles. The second-order valence-electron chi connectivity index (χ2n) is 6.33. The van der Waals surface area contributed by atoms with Crippen molar-refractivity contribution in [3.05, 3.63) is 30.3 Å². The van der Waals surface area contributed by atoms with Gasteiger partial charge in [-0.25, -0.2) is 0 Å². The molecule has 1 unspecified atom stereocenters. The standard InChI is InChI=1S/C18H27N3O2.2ClH/c22-18(17-8-4-5-9-19-17)21-12-10-20(11-13-21)14-15-23-16-6-2-1-3-7-16;;/h1-3,6-7,17,19H,4-5,8-15H2;2*1H. The number of nitrogens with one attached hydrogen (secondary N) is 1. The minimum absolute atomic E-state index is 0. The summed E-state index contributed by atoms with van der Waals surface area (Å²) in [6.07, 6.45) is 3.35. The van der Waals surface area contributed by atoms with Crippen molar-refractivity contribution < 1.29 is 9.53 Å². The van der Waals surface area contributed by atoms with Crippen molar-refractivity contribution in [2.24, 2.45) is 0 Å². The summed E-state index contributed by atoms with van der Waals surface area (Å²) in [5.41, 5.74) is 0. The first-order valence-corrected chi connectivity index (χ1v) is 8.75. The highest BCUT2D eigenvalue weighted by Crippen LogP contribution is 2.12. The van der Waals surface area contributed by atoms with Crippen molar-refractivity contribution in [1.29, 1.82) is 0 Å². The molecule has 1 N–H and O–H groups in total. The summed E-state index contributed by atoms with van der Waals surface area (Å²) < 4.78 is 5.75. The van der Waals surface area contributed by atoms with Crippen molar-refractivity contribution in [2.45, 2.75) is 25.3 Å². The zero-order valence-electron chi connectivity index (χ0n) is 14.6. The zero-order valence-corrected chi connectivity index (χ0v) is 16.2. The van der Waals surface area contributed by atoms with E-state index in [0.29, 0.717) is 12.5 Å². The predicted molar refractivity (Wildman–Crippen MR) is 105 cm³/mol. The van der Waals surface area contributed by atoms with Crippen LogP contribution in [-0.4, -0.2) is 67.6 Å². The fraction of sp³-hybridized carbons (Fsp3) is 0.611. The summed E-state index contributed by atoms with van der Waals surface area (Å²) in [7, 11) is 0. The van der Waals surface area contributed by atoms with Crippen molar-refractivity contribution >= 4 is 30.7 Å². The molecule has 1 atom stereocenters. The van der Waals surface area contributed by atoms with Crippen LogP contribution >= 0.6 is 24.8 Å². The van der Waals surface area contributed by atoms with Crippen LogP contribution in [0.4, 0.5) is 0 Å². The number of piperazine rings is 1. The molecule has 1 aromatic rings. The molecule has 2 fully saturated rings. The fourth-order valence-electron chi connectivity index (χ4n) is 3.28. The maximum absolute atomic E-state index is 12.5. The second kappa shape index (κ2) is 11.6. The van der Waals surface area contributed by atoms with Crippen molar-refractivity contribution in [3.8, 4) is 5.75 Å². The highest BCUT2D eigenvalue weighted by atomic mass is 35.5. The third-order valence-corrected chi connectivity index (χ3v) is 4.71. The number of carbonyl (C=O) groups is 1. The van der Waals surface area contributed by atoms with Crippen LogP contribution in [0.25, 0.3) is 0 Å².